The lowest BCUT2D eigenvalue weighted by atomic mass is 10.2. The van der Waals surface area contributed by atoms with Gasteiger partial charge in [0.1, 0.15) is 0 Å². The number of aliphatic hydroxyl groups is 1. The predicted molar refractivity (Wildman–Crippen MR) is 74.5 cm³/mol. The van der Waals surface area contributed by atoms with Crippen LogP contribution >= 0.6 is 11.3 Å². The van der Waals surface area contributed by atoms with E-state index in [0.717, 1.165) is 4.88 Å². The third-order valence-electron chi connectivity index (χ3n) is 2.64. The molecule has 3 N–H and O–H groups in total. The van der Waals surface area contributed by atoms with E-state index in [-0.39, 0.29) is 17.5 Å². The summed E-state index contributed by atoms with van der Waals surface area (Å²) in [5.41, 5.74) is 0.478. The highest BCUT2D eigenvalue weighted by Crippen LogP contribution is 2.14. The van der Waals surface area contributed by atoms with Crippen molar-refractivity contribution in [2.24, 2.45) is 0 Å². The molecule has 0 spiro atoms. The Balaban J connectivity index is 2.04. The molecule has 0 radical (unpaired) electrons. The fraction of sp³-hybridized carbons (Fsp3) is 0.333. The van der Waals surface area contributed by atoms with E-state index in [0.29, 0.717) is 12.1 Å². The molecule has 0 aliphatic rings. The highest BCUT2D eigenvalue weighted by molar-refractivity contribution is 7.89. The molecular weight excluding hydrogens is 284 g/mol. The number of rotatable bonds is 6. The molecule has 0 saturated heterocycles. The quantitative estimate of drug-likeness (QED) is 0.755. The molecule has 0 amide bonds. The van der Waals surface area contributed by atoms with Gasteiger partial charge in [-0.3, -0.25) is 0 Å². The fourth-order valence-corrected chi connectivity index (χ4v) is 3.87. The number of thiophene rings is 1. The van der Waals surface area contributed by atoms with Crippen molar-refractivity contribution in [3.63, 3.8) is 0 Å². The van der Waals surface area contributed by atoms with Crippen LogP contribution in [-0.2, 0) is 23.1 Å². The second kappa shape index (κ2) is 5.87. The lowest BCUT2D eigenvalue weighted by Crippen LogP contribution is -2.33. The van der Waals surface area contributed by atoms with Gasteiger partial charge in [0.25, 0.3) is 0 Å². The maximum Gasteiger partial charge on any atom is 0.242 e. The minimum Gasteiger partial charge on any atom is -0.390 e. The van der Waals surface area contributed by atoms with Crippen molar-refractivity contribution in [3.8, 4) is 0 Å². The van der Waals surface area contributed by atoms with Crippen LogP contribution in [0.1, 0.15) is 17.5 Å². The van der Waals surface area contributed by atoms with Gasteiger partial charge in [-0.25, -0.2) is 13.1 Å². The van der Waals surface area contributed by atoms with Gasteiger partial charge in [0.05, 0.1) is 11.5 Å². The molecule has 0 aromatic carbocycles. The summed E-state index contributed by atoms with van der Waals surface area (Å²) in [4.78, 5) is 4.00. The SMILES string of the molecule is CC(Cc1cccs1)NS(=O)(=O)c1c[nH]c(CO)c1. The summed E-state index contributed by atoms with van der Waals surface area (Å²) in [5.74, 6) is 0. The molecule has 5 nitrogen and oxygen atoms in total. The number of aromatic nitrogens is 1. The van der Waals surface area contributed by atoms with Crippen molar-refractivity contribution < 1.29 is 13.5 Å². The number of H-pyrrole nitrogens is 1. The normalized spacial score (nSPS) is 13.6. The predicted octanol–water partition coefficient (Wildman–Crippen LogP) is 1.48. The van der Waals surface area contributed by atoms with Crippen LogP contribution in [0.2, 0.25) is 0 Å². The first-order valence-electron chi connectivity index (χ1n) is 5.84. The second-order valence-corrected chi connectivity index (χ2v) is 7.07. The first-order valence-corrected chi connectivity index (χ1v) is 8.20. The monoisotopic (exact) mass is 300 g/mol. The number of hydrogen-bond acceptors (Lipinski definition) is 4. The van der Waals surface area contributed by atoms with Crippen LogP contribution in [0, 0.1) is 0 Å². The topological polar surface area (TPSA) is 82.2 Å². The molecule has 0 aliphatic heterocycles. The zero-order valence-corrected chi connectivity index (χ0v) is 12.1. The van der Waals surface area contributed by atoms with Gasteiger partial charge in [-0.1, -0.05) is 6.07 Å². The molecule has 2 aromatic heterocycles. The maximum atomic E-state index is 12.1. The lowest BCUT2D eigenvalue weighted by molar-refractivity contribution is 0.277. The second-order valence-electron chi connectivity index (χ2n) is 4.32. The van der Waals surface area contributed by atoms with Crippen LogP contribution in [-0.4, -0.2) is 24.6 Å². The van der Waals surface area contributed by atoms with Crippen molar-refractivity contribution in [1.29, 1.82) is 0 Å². The Bertz CT molecular complexity index is 617. The van der Waals surface area contributed by atoms with E-state index in [1.807, 2.05) is 24.4 Å². The highest BCUT2D eigenvalue weighted by atomic mass is 32.2. The molecule has 1 atom stereocenters. The number of hydrogen-bond donors (Lipinski definition) is 3. The van der Waals surface area contributed by atoms with E-state index in [1.54, 1.807) is 11.3 Å². The highest BCUT2D eigenvalue weighted by Gasteiger charge is 2.19. The Morgan fingerprint density at radius 2 is 2.32 bits per heavy atom. The minimum absolute atomic E-state index is 0.148. The van der Waals surface area contributed by atoms with Crippen LogP contribution in [0.5, 0.6) is 0 Å². The Morgan fingerprint density at radius 1 is 1.53 bits per heavy atom. The number of aliphatic hydroxyl groups excluding tert-OH is 1. The summed E-state index contributed by atoms with van der Waals surface area (Å²) in [6.45, 7) is 1.62. The van der Waals surface area contributed by atoms with Gasteiger partial charge in [-0.05, 0) is 30.9 Å². The number of nitrogens with one attached hydrogen (secondary N) is 2. The van der Waals surface area contributed by atoms with Gasteiger partial charge in [0.2, 0.25) is 10.0 Å². The molecule has 1 unspecified atom stereocenters. The molecule has 2 rings (SSSR count). The van der Waals surface area contributed by atoms with Crippen LogP contribution in [0.15, 0.2) is 34.7 Å². The third-order valence-corrected chi connectivity index (χ3v) is 5.11. The Morgan fingerprint density at radius 3 is 2.89 bits per heavy atom. The standard InChI is InChI=1S/C12H16N2O3S2/c1-9(5-11-3-2-4-18-11)14-19(16,17)12-6-10(8-15)13-7-12/h2-4,6-7,9,13-15H,5,8H2,1H3. The first-order chi connectivity index (χ1) is 9.01. The molecule has 2 heterocycles. The van der Waals surface area contributed by atoms with E-state index in [1.165, 1.54) is 12.3 Å². The van der Waals surface area contributed by atoms with Crippen molar-refractivity contribution in [2.45, 2.75) is 30.9 Å². The average Bonchev–Trinajstić information content (AvgIpc) is 2.97. The number of sulfonamides is 1. The lowest BCUT2D eigenvalue weighted by Gasteiger charge is -2.12. The van der Waals surface area contributed by atoms with Gasteiger partial charge >= 0.3 is 0 Å². The third kappa shape index (κ3) is 3.66. The van der Waals surface area contributed by atoms with Crippen LogP contribution in [0.25, 0.3) is 0 Å². The summed E-state index contributed by atoms with van der Waals surface area (Å²) in [5, 5.41) is 10.9. The molecule has 0 saturated carbocycles. The van der Waals surface area contributed by atoms with Crippen LogP contribution < -0.4 is 4.72 Å². The number of aromatic amines is 1. The van der Waals surface area contributed by atoms with Gasteiger partial charge in [-0.2, -0.15) is 0 Å². The maximum absolute atomic E-state index is 12.1. The van der Waals surface area contributed by atoms with E-state index < -0.39 is 10.0 Å². The van der Waals surface area contributed by atoms with E-state index in [4.69, 9.17) is 5.11 Å². The zero-order chi connectivity index (χ0) is 13.9. The summed E-state index contributed by atoms with van der Waals surface area (Å²) < 4.78 is 26.8. The molecule has 2 aromatic rings. The smallest absolute Gasteiger partial charge is 0.242 e. The van der Waals surface area contributed by atoms with E-state index in [2.05, 4.69) is 9.71 Å². The van der Waals surface area contributed by atoms with E-state index >= 15 is 0 Å². The average molecular weight is 300 g/mol. The van der Waals surface area contributed by atoms with E-state index in [9.17, 15) is 8.42 Å². The summed E-state index contributed by atoms with van der Waals surface area (Å²) in [6, 6.07) is 5.17. The molecule has 0 fully saturated rings. The molecule has 19 heavy (non-hydrogen) atoms. The van der Waals surface area contributed by atoms with Gasteiger partial charge < -0.3 is 10.1 Å². The Kier molecular flexibility index (Phi) is 4.41. The zero-order valence-electron chi connectivity index (χ0n) is 10.5. The Hall–Kier alpha value is -1.15. The van der Waals surface area contributed by atoms with Crippen molar-refractivity contribution in [3.05, 3.63) is 40.3 Å². The van der Waals surface area contributed by atoms with Crippen molar-refractivity contribution in [1.82, 2.24) is 9.71 Å². The summed E-state index contributed by atoms with van der Waals surface area (Å²) >= 11 is 1.61. The van der Waals surface area contributed by atoms with Crippen LogP contribution in [0.4, 0.5) is 0 Å². The molecule has 7 heteroatoms. The van der Waals surface area contributed by atoms with Gasteiger partial charge in [0, 0.05) is 22.8 Å². The minimum atomic E-state index is -3.54. The molecule has 104 valence electrons. The Labute approximate surface area is 116 Å². The fourth-order valence-electron chi connectivity index (χ4n) is 1.77. The van der Waals surface area contributed by atoms with Gasteiger partial charge in [0.15, 0.2) is 0 Å². The molecule has 0 aliphatic carbocycles. The van der Waals surface area contributed by atoms with Gasteiger partial charge in [-0.15, -0.1) is 11.3 Å². The van der Waals surface area contributed by atoms with Crippen LogP contribution in [0.3, 0.4) is 0 Å². The largest absolute Gasteiger partial charge is 0.390 e. The molecular formula is C12H16N2O3S2. The van der Waals surface area contributed by atoms with Crippen molar-refractivity contribution >= 4 is 21.4 Å². The summed E-state index contributed by atoms with van der Waals surface area (Å²) in [6.07, 6.45) is 2.04. The first kappa shape index (κ1) is 14.3. The molecule has 0 bridgehead atoms. The van der Waals surface area contributed by atoms with Crippen molar-refractivity contribution in [2.75, 3.05) is 0 Å². The summed E-state index contributed by atoms with van der Waals surface area (Å²) in [7, 11) is -3.54.